The molecule has 11 heavy (non-hydrogen) atoms. The van der Waals surface area contributed by atoms with Crippen LogP contribution in [0.4, 0.5) is 12.9 Å². The van der Waals surface area contributed by atoms with E-state index in [1.54, 1.807) is 6.92 Å². The van der Waals surface area contributed by atoms with E-state index in [9.17, 15) is 12.9 Å². The van der Waals surface area contributed by atoms with Crippen LogP contribution in [-0.4, -0.2) is 6.98 Å². The zero-order chi connectivity index (χ0) is 7.78. The molecule has 0 aromatic carbocycles. The van der Waals surface area contributed by atoms with Crippen LogP contribution in [0.5, 0.6) is 0 Å². The van der Waals surface area contributed by atoms with Gasteiger partial charge in [-0.25, -0.2) is 0 Å². The van der Waals surface area contributed by atoms with Crippen molar-refractivity contribution in [3.63, 3.8) is 0 Å². The van der Waals surface area contributed by atoms with Gasteiger partial charge in [-0.2, -0.15) is 11.3 Å². The van der Waals surface area contributed by atoms with Crippen LogP contribution in [-0.2, 0) is 0 Å². The maximum absolute atomic E-state index is 11.9. The van der Waals surface area contributed by atoms with Crippen molar-refractivity contribution in [1.82, 2.24) is 0 Å². The maximum Gasteiger partial charge on any atom is 1.00 e. The summed E-state index contributed by atoms with van der Waals surface area (Å²) >= 11 is 0.797. The molecule has 0 saturated carbocycles. The van der Waals surface area contributed by atoms with Crippen LogP contribution < -0.4 is 56.2 Å². The van der Waals surface area contributed by atoms with Crippen molar-refractivity contribution in [2.24, 2.45) is 0 Å². The summed E-state index contributed by atoms with van der Waals surface area (Å²) in [5.41, 5.74) is 0. The number of aryl methyl sites for hydroxylation is 1. The minimum atomic E-state index is -4.76. The summed E-state index contributed by atoms with van der Waals surface area (Å²) in [4.78, 5) is 0.703. The average molecular weight is 204 g/mol. The molecule has 0 fully saturated rings. The first kappa shape index (κ1) is 12.2. The summed E-state index contributed by atoms with van der Waals surface area (Å²) in [5, 5.41) is 0. The topological polar surface area (TPSA) is 0 Å². The summed E-state index contributed by atoms with van der Waals surface area (Å²) in [6.45, 7) is -3.10. The number of hydrogen-bond acceptors (Lipinski definition) is 1. The summed E-state index contributed by atoms with van der Waals surface area (Å²) in [6.07, 6.45) is 0. The van der Waals surface area contributed by atoms with Crippen LogP contribution in [0.15, 0.2) is 12.1 Å². The molecule has 0 amide bonds. The molecule has 0 unspecified atom stereocenters. The van der Waals surface area contributed by atoms with E-state index in [1.165, 1.54) is 6.07 Å². The molecule has 1 heterocycles. The number of rotatable bonds is 1. The van der Waals surface area contributed by atoms with E-state index in [0.29, 0.717) is 4.88 Å². The zero-order valence-electron chi connectivity index (χ0n) is 6.27. The smallest absolute Gasteiger partial charge is 0.444 e. The number of halogens is 3. The largest absolute Gasteiger partial charge is 1.00 e. The van der Waals surface area contributed by atoms with Gasteiger partial charge in [0.2, 0.25) is 0 Å². The van der Waals surface area contributed by atoms with Gasteiger partial charge in [0.25, 0.3) is 0 Å². The summed E-state index contributed by atoms with van der Waals surface area (Å²) in [6, 6.07) is 2.61. The Balaban J connectivity index is 0.000001000. The molecule has 0 spiro atoms. The zero-order valence-corrected chi connectivity index (χ0v) is 10.2. The molecule has 0 aliphatic rings. The second-order valence-electron chi connectivity index (χ2n) is 2.02. The van der Waals surface area contributed by atoms with Crippen molar-refractivity contribution >= 4 is 23.1 Å². The Morgan fingerprint density at radius 1 is 1.27 bits per heavy atom. The molecule has 0 N–H and O–H groups in total. The van der Waals surface area contributed by atoms with Gasteiger partial charge in [0, 0.05) is 0 Å². The second-order valence-corrected chi connectivity index (χ2v) is 3.34. The molecule has 1 rings (SSSR count). The maximum atomic E-state index is 11.9. The molecule has 1 aromatic rings. The van der Waals surface area contributed by atoms with Crippen LogP contribution >= 0.6 is 11.3 Å². The third-order valence-electron chi connectivity index (χ3n) is 1.08. The van der Waals surface area contributed by atoms with Crippen LogP contribution in [0, 0.1) is 6.92 Å². The molecule has 0 saturated heterocycles. The predicted molar refractivity (Wildman–Crippen MR) is 37.8 cm³/mol. The SMILES string of the molecule is Cc1ccc([B-](F)(F)F)s1.[K+]. The fourth-order valence-corrected chi connectivity index (χ4v) is 1.41. The van der Waals surface area contributed by atoms with Gasteiger partial charge in [0.05, 0.1) is 0 Å². The molecule has 56 valence electrons. The van der Waals surface area contributed by atoms with E-state index in [1.807, 2.05) is 0 Å². The van der Waals surface area contributed by atoms with Crippen molar-refractivity contribution in [2.75, 3.05) is 0 Å². The fourth-order valence-electron chi connectivity index (χ4n) is 0.629. The Morgan fingerprint density at radius 2 is 1.82 bits per heavy atom. The first-order chi connectivity index (χ1) is 4.50. The van der Waals surface area contributed by atoms with Crippen molar-refractivity contribution < 1.29 is 64.3 Å². The van der Waals surface area contributed by atoms with Gasteiger partial charge in [-0.05, 0) is 11.8 Å². The minimum absolute atomic E-state index is 0. The van der Waals surface area contributed by atoms with Crippen LogP contribution in [0.1, 0.15) is 4.88 Å². The van der Waals surface area contributed by atoms with Gasteiger partial charge >= 0.3 is 58.4 Å². The molecule has 0 radical (unpaired) electrons. The van der Waals surface area contributed by atoms with Crippen molar-refractivity contribution in [3.8, 4) is 0 Å². The summed E-state index contributed by atoms with van der Waals surface area (Å²) in [5.74, 6) is 0. The first-order valence-corrected chi connectivity index (χ1v) is 3.58. The van der Waals surface area contributed by atoms with E-state index in [4.69, 9.17) is 0 Å². The number of hydrogen-bond donors (Lipinski definition) is 0. The van der Waals surface area contributed by atoms with E-state index in [2.05, 4.69) is 0 Å². The Labute approximate surface area is 110 Å². The van der Waals surface area contributed by atoms with Crippen molar-refractivity contribution in [1.29, 1.82) is 0 Å². The molecule has 1 aromatic heterocycles. The molecule has 0 bridgehead atoms. The average Bonchev–Trinajstić information content (AvgIpc) is 2.11. The Kier molecular flexibility index (Phi) is 4.91. The summed E-state index contributed by atoms with van der Waals surface area (Å²) in [7, 11) is 0. The quantitative estimate of drug-likeness (QED) is 0.521. The Morgan fingerprint density at radius 3 is 2.00 bits per heavy atom. The van der Waals surface area contributed by atoms with Gasteiger partial charge in [-0.3, -0.25) is 0 Å². The predicted octanol–water partition coefficient (Wildman–Crippen LogP) is -0.885. The fraction of sp³-hybridized carbons (Fsp3) is 0.200. The third kappa shape index (κ3) is 3.61. The molecular formula is C5H5BF3KS. The third-order valence-corrected chi connectivity index (χ3v) is 2.18. The molecule has 0 aliphatic heterocycles. The van der Waals surface area contributed by atoms with Crippen LogP contribution in [0.2, 0.25) is 0 Å². The molecular weight excluding hydrogens is 199 g/mol. The Bertz CT molecular complexity index is 232. The number of thiophene rings is 1. The molecule has 0 nitrogen and oxygen atoms in total. The molecule has 0 aliphatic carbocycles. The first-order valence-electron chi connectivity index (χ1n) is 2.76. The van der Waals surface area contributed by atoms with Gasteiger partial charge < -0.3 is 12.9 Å². The second kappa shape index (κ2) is 4.43. The molecule has 0 atom stereocenters. The van der Waals surface area contributed by atoms with E-state index < -0.39 is 11.8 Å². The van der Waals surface area contributed by atoms with Crippen LogP contribution in [0.25, 0.3) is 0 Å². The van der Waals surface area contributed by atoms with Crippen molar-refractivity contribution in [3.05, 3.63) is 17.0 Å². The van der Waals surface area contributed by atoms with Crippen molar-refractivity contribution in [2.45, 2.75) is 6.92 Å². The normalized spacial score (nSPS) is 10.9. The van der Waals surface area contributed by atoms with E-state index in [-0.39, 0.29) is 51.4 Å². The molecule has 6 heteroatoms. The van der Waals surface area contributed by atoms with Gasteiger partial charge in [-0.1, -0.05) is 16.9 Å². The van der Waals surface area contributed by atoms with E-state index >= 15 is 0 Å². The Hall–Kier alpha value is 1.19. The van der Waals surface area contributed by atoms with Gasteiger partial charge in [-0.15, -0.1) is 0 Å². The minimum Gasteiger partial charge on any atom is -0.444 e. The van der Waals surface area contributed by atoms with E-state index in [0.717, 1.165) is 17.4 Å². The standard InChI is InChI=1S/C5H5BF3S.K/c1-4-2-3-5(10-4)6(7,8)9;/h2-3H,1H3;/q-1;+1. The van der Waals surface area contributed by atoms with Gasteiger partial charge in [0.15, 0.2) is 0 Å². The summed E-state index contributed by atoms with van der Waals surface area (Å²) < 4.78 is 35.2. The van der Waals surface area contributed by atoms with Gasteiger partial charge in [0.1, 0.15) is 0 Å². The monoisotopic (exact) mass is 204 g/mol. The van der Waals surface area contributed by atoms with Crippen LogP contribution in [0.3, 0.4) is 0 Å².